The number of aromatic nitrogens is 1. The van der Waals surface area contributed by atoms with Crippen molar-refractivity contribution in [3.05, 3.63) is 34.2 Å². The Morgan fingerprint density at radius 2 is 2.05 bits per heavy atom. The first-order valence-electron chi connectivity index (χ1n) is 6.90. The highest BCUT2D eigenvalue weighted by Gasteiger charge is 2.28. The number of carboxylic acids is 1. The first-order chi connectivity index (χ1) is 9.74. The second kappa shape index (κ2) is 7.06. The number of amides is 1. The van der Waals surface area contributed by atoms with E-state index in [1.807, 2.05) is 0 Å². The molecule has 0 aromatic carbocycles. The van der Waals surface area contributed by atoms with E-state index in [-0.39, 0.29) is 24.4 Å². The zero-order valence-corrected chi connectivity index (χ0v) is 12.7. The summed E-state index contributed by atoms with van der Waals surface area (Å²) in [7, 11) is 0. The summed E-state index contributed by atoms with van der Waals surface area (Å²) in [5.74, 6) is -1.07. The van der Waals surface area contributed by atoms with Crippen molar-refractivity contribution < 1.29 is 14.7 Å². The number of hydrogen-bond donors (Lipinski definition) is 2. The van der Waals surface area contributed by atoms with Crippen LogP contribution in [0.2, 0.25) is 0 Å². The molecule has 21 heavy (non-hydrogen) atoms. The van der Waals surface area contributed by atoms with Gasteiger partial charge in [-0.1, -0.05) is 6.07 Å². The minimum Gasteiger partial charge on any atom is -0.481 e. The molecule has 0 spiro atoms. The maximum absolute atomic E-state index is 12.1. The van der Waals surface area contributed by atoms with Crippen LogP contribution in [0, 0.1) is 12.3 Å². The van der Waals surface area contributed by atoms with E-state index in [4.69, 9.17) is 5.11 Å². The molecule has 6 nitrogen and oxygen atoms in total. The Morgan fingerprint density at radius 1 is 1.38 bits per heavy atom. The Morgan fingerprint density at radius 3 is 2.67 bits per heavy atom. The molecule has 6 heteroatoms. The van der Waals surface area contributed by atoms with Gasteiger partial charge in [-0.3, -0.25) is 14.4 Å². The number of rotatable bonds is 7. The summed E-state index contributed by atoms with van der Waals surface area (Å²) in [4.78, 5) is 34.5. The van der Waals surface area contributed by atoms with Crippen LogP contribution >= 0.6 is 0 Å². The van der Waals surface area contributed by atoms with E-state index in [2.05, 4.69) is 5.32 Å². The lowest BCUT2D eigenvalue weighted by atomic mass is 9.92. The van der Waals surface area contributed by atoms with Gasteiger partial charge in [-0.2, -0.15) is 0 Å². The van der Waals surface area contributed by atoms with Gasteiger partial charge in [0.05, 0.1) is 5.41 Å². The normalized spacial score (nSPS) is 11.2. The lowest BCUT2D eigenvalue weighted by molar-refractivity contribution is -0.137. The van der Waals surface area contributed by atoms with Crippen molar-refractivity contribution in [2.75, 3.05) is 6.54 Å². The lowest BCUT2D eigenvalue weighted by Gasteiger charge is -2.24. The van der Waals surface area contributed by atoms with Crippen LogP contribution in [0.1, 0.15) is 32.3 Å². The van der Waals surface area contributed by atoms with Crippen LogP contribution in [0.15, 0.2) is 23.1 Å². The van der Waals surface area contributed by atoms with Crippen LogP contribution in [0.3, 0.4) is 0 Å². The molecule has 1 amide bonds. The van der Waals surface area contributed by atoms with Crippen LogP contribution in [-0.2, 0) is 16.1 Å². The van der Waals surface area contributed by atoms with Crippen LogP contribution < -0.4 is 10.9 Å². The molecule has 0 unspecified atom stereocenters. The molecule has 0 aliphatic heterocycles. The zero-order valence-electron chi connectivity index (χ0n) is 12.7. The molecule has 1 aromatic rings. The van der Waals surface area contributed by atoms with E-state index in [1.165, 1.54) is 4.57 Å². The highest BCUT2D eigenvalue weighted by Crippen LogP contribution is 2.17. The Bertz CT molecular complexity index is 575. The Kier molecular flexibility index (Phi) is 5.69. The maximum Gasteiger partial charge on any atom is 0.303 e. The molecule has 0 atom stereocenters. The number of carboxylic acid groups (broad SMARTS) is 1. The van der Waals surface area contributed by atoms with Crippen LogP contribution in [0.25, 0.3) is 0 Å². The average molecular weight is 294 g/mol. The molecule has 0 saturated heterocycles. The van der Waals surface area contributed by atoms with Gasteiger partial charge in [0.25, 0.3) is 5.56 Å². The number of carbonyl (C=O) groups excluding carboxylic acids is 1. The molecule has 116 valence electrons. The quantitative estimate of drug-likeness (QED) is 0.739. The van der Waals surface area contributed by atoms with Gasteiger partial charge >= 0.3 is 5.97 Å². The van der Waals surface area contributed by atoms with Crippen molar-refractivity contribution in [2.45, 2.75) is 40.2 Å². The highest BCUT2D eigenvalue weighted by molar-refractivity contribution is 5.81. The summed E-state index contributed by atoms with van der Waals surface area (Å²) in [5, 5.41) is 11.3. The van der Waals surface area contributed by atoms with Crippen LogP contribution in [0.4, 0.5) is 0 Å². The summed E-state index contributed by atoms with van der Waals surface area (Å²) in [6.07, 6.45) is 2.08. The van der Waals surface area contributed by atoms with Gasteiger partial charge in [0.1, 0.15) is 0 Å². The highest BCUT2D eigenvalue weighted by atomic mass is 16.4. The van der Waals surface area contributed by atoms with Gasteiger partial charge in [-0.25, -0.2) is 0 Å². The maximum atomic E-state index is 12.1. The number of carbonyl (C=O) groups is 2. The largest absolute Gasteiger partial charge is 0.481 e. The molecule has 1 rings (SSSR count). The minimum absolute atomic E-state index is 0.0258. The molecule has 0 aliphatic carbocycles. The van der Waals surface area contributed by atoms with Crippen LogP contribution in [0.5, 0.6) is 0 Å². The monoisotopic (exact) mass is 294 g/mol. The number of pyridine rings is 1. The van der Waals surface area contributed by atoms with Crippen molar-refractivity contribution in [3.8, 4) is 0 Å². The van der Waals surface area contributed by atoms with Crippen LogP contribution in [-0.4, -0.2) is 28.1 Å². The average Bonchev–Trinajstić information content (AvgIpc) is 2.39. The number of aryl methyl sites for hydroxylation is 1. The summed E-state index contributed by atoms with van der Waals surface area (Å²) in [6, 6.07) is 3.51. The van der Waals surface area contributed by atoms with Gasteiger partial charge in [0.15, 0.2) is 0 Å². The topological polar surface area (TPSA) is 88.4 Å². The molecule has 2 N–H and O–H groups in total. The Balaban J connectivity index is 2.63. The smallest absolute Gasteiger partial charge is 0.303 e. The molecule has 0 bridgehead atoms. The molecule has 1 heterocycles. The number of nitrogens with one attached hydrogen (secondary N) is 1. The lowest BCUT2D eigenvalue weighted by Crippen LogP contribution is -2.42. The SMILES string of the molecule is Cc1cccn(CC(C)(C)C(=O)NCCCC(=O)O)c1=O. The third-order valence-electron chi connectivity index (χ3n) is 3.24. The third-order valence-corrected chi connectivity index (χ3v) is 3.24. The second-order valence-electron chi connectivity index (χ2n) is 5.76. The fourth-order valence-corrected chi connectivity index (χ4v) is 1.96. The fraction of sp³-hybridized carbons (Fsp3) is 0.533. The molecule has 1 aromatic heterocycles. The van der Waals surface area contributed by atoms with Crippen molar-refractivity contribution in [2.24, 2.45) is 5.41 Å². The number of hydrogen-bond acceptors (Lipinski definition) is 3. The molecule has 0 saturated carbocycles. The second-order valence-corrected chi connectivity index (χ2v) is 5.76. The van der Waals surface area contributed by atoms with Gasteiger partial charge in [0, 0.05) is 31.3 Å². The first kappa shape index (κ1) is 16.9. The van der Waals surface area contributed by atoms with E-state index < -0.39 is 11.4 Å². The van der Waals surface area contributed by atoms with Gasteiger partial charge in [-0.05, 0) is 33.3 Å². The third kappa shape index (κ3) is 5.06. The van der Waals surface area contributed by atoms with E-state index in [0.717, 1.165) is 0 Å². The predicted octanol–water partition coefficient (Wildman–Crippen LogP) is 1.16. The Hall–Kier alpha value is -2.11. The van der Waals surface area contributed by atoms with E-state index >= 15 is 0 Å². The minimum atomic E-state index is -0.880. The summed E-state index contributed by atoms with van der Waals surface area (Å²) >= 11 is 0. The molecule has 0 aliphatic rings. The Labute approximate surface area is 123 Å². The molecular weight excluding hydrogens is 272 g/mol. The van der Waals surface area contributed by atoms with Crippen molar-refractivity contribution in [3.63, 3.8) is 0 Å². The van der Waals surface area contributed by atoms with Gasteiger partial charge < -0.3 is 15.0 Å². The van der Waals surface area contributed by atoms with Crippen molar-refractivity contribution in [1.82, 2.24) is 9.88 Å². The van der Waals surface area contributed by atoms with Gasteiger partial charge in [-0.15, -0.1) is 0 Å². The zero-order chi connectivity index (χ0) is 16.0. The summed E-state index contributed by atoms with van der Waals surface area (Å²) in [6.45, 7) is 5.84. The standard InChI is InChI=1S/C15H22N2O4/c1-11-6-5-9-17(13(11)20)10-15(2,3)14(21)16-8-4-7-12(18)19/h5-6,9H,4,7-8,10H2,1-3H3,(H,16,21)(H,18,19). The predicted molar refractivity (Wildman–Crippen MR) is 79.1 cm³/mol. The summed E-state index contributed by atoms with van der Waals surface area (Å²) in [5.41, 5.74) is -0.222. The first-order valence-corrected chi connectivity index (χ1v) is 6.90. The van der Waals surface area contributed by atoms with Crippen molar-refractivity contribution in [1.29, 1.82) is 0 Å². The number of aliphatic carboxylic acids is 1. The fourth-order valence-electron chi connectivity index (χ4n) is 1.96. The number of nitrogens with zero attached hydrogens (tertiary/aromatic N) is 1. The van der Waals surface area contributed by atoms with Crippen molar-refractivity contribution >= 4 is 11.9 Å². The summed E-state index contributed by atoms with van der Waals surface area (Å²) < 4.78 is 1.52. The van der Waals surface area contributed by atoms with E-state index in [0.29, 0.717) is 18.5 Å². The molecule has 0 fully saturated rings. The molecular formula is C15H22N2O4. The molecule has 0 radical (unpaired) electrons. The van der Waals surface area contributed by atoms with Gasteiger partial charge in [0.2, 0.25) is 5.91 Å². The van der Waals surface area contributed by atoms with E-state index in [9.17, 15) is 14.4 Å². The van der Waals surface area contributed by atoms with E-state index in [1.54, 1.807) is 39.1 Å².